The van der Waals surface area contributed by atoms with Crippen molar-refractivity contribution in [1.29, 1.82) is 0 Å². The largest absolute Gasteiger partial charge is 0.480 e. The van der Waals surface area contributed by atoms with Gasteiger partial charge in [-0.05, 0) is 24.1 Å². The third kappa shape index (κ3) is 3.35. The van der Waals surface area contributed by atoms with Crippen molar-refractivity contribution < 1.29 is 14.7 Å². The van der Waals surface area contributed by atoms with Crippen molar-refractivity contribution in [2.75, 3.05) is 5.75 Å². The standard InChI is InChI=1S/C12H11Cl2NO3S/c13-7-2-1-3-8(14)6(7)4-10-11(16)15-9(5-19-10)12(17)18/h1-3,9-10H,4-5H2,(H,15,16)(H,17,18)/t9-,10-/m1/s1. The van der Waals surface area contributed by atoms with E-state index < -0.39 is 12.0 Å². The van der Waals surface area contributed by atoms with Gasteiger partial charge in [0.1, 0.15) is 6.04 Å². The minimum absolute atomic E-state index is 0.292. The fourth-order valence-corrected chi connectivity index (χ4v) is 3.50. The summed E-state index contributed by atoms with van der Waals surface area (Å²) < 4.78 is 0. The molecule has 2 atom stereocenters. The summed E-state index contributed by atoms with van der Waals surface area (Å²) in [4.78, 5) is 22.7. The monoisotopic (exact) mass is 319 g/mol. The number of carbonyl (C=O) groups is 2. The van der Waals surface area contributed by atoms with Gasteiger partial charge in [-0.1, -0.05) is 29.3 Å². The van der Waals surface area contributed by atoms with Crippen LogP contribution in [0.4, 0.5) is 0 Å². The van der Waals surface area contributed by atoms with Crippen LogP contribution in [0.25, 0.3) is 0 Å². The lowest BCUT2D eigenvalue weighted by Crippen LogP contribution is -2.51. The highest BCUT2D eigenvalue weighted by molar-refractivity contribution is 8.00. The summed E-state index contributed by atoms with van der Waals surface area (Å²) in [7, 11) is 0. The molecule has 1 aliphatic heterocycles. The lowest BCUT2D eigenvalue weighted by molar-refractivity contribution is -0.141. The van der Waals surface area contributed by atoms with Crippen LogP contribution in [0, 0.1) is 0 Å². The Morgan fingerprint density at radius 2 is 2.05 bits per heavy atom. The van der Waals surface area contributed by atoms with E-state index in [1.807, 2.05) is 0 Å². The minimum atomic E-state index is -1.02. The summed E-state index contributed by atoms with van der Waals surface area (Å²) in [5.41, 5.74) is 0.715. The van der Waals surface area contributed by atoms with Gasteiger partial charge in [0.25, 0.3) is 0 Å². The SMILES string of the molecule is O=C(O)[C@H]1CS[C@H](Cc2c(Cl)cccc2Cl)C(=O)N1. The topological polar surface area (TPSA) is 66.4 Å². The molecule has 0 radical (unpaired) electrons. The van der Waals surface area contributed by atoms with E-state index in [4.69, 9.17) is 28.3 Å². The number of benzene rings is 1. The van der Waals surface area contributed by atoms with Crippen molar-refractivity contribution in [2.24, 2.45) is 0 Å². The second-order valence-electron chi connectivity index (χ2n) is 4.13. The van der Waals surface area contributed by atoms with E-state index in [0.29, 0.717) is 27.8 Å². The zero-order valence-corrected chi connectivity index (χ0v) is 12.1. The maximum atomic E-state index is 11.9. The van der Waals surface area contributed by atoms with Gasteiger partial charge in [0.15, 0.2) is 0 Å². The molecule has 2 rings (SSSR count). The number of amides is 1. The van der Waals surface area contributed by atoms with Crippen LogP contribution in [-0.2, 0) is 16.0 Å². The third-order valence-electron chi connectivity index (χ3n) is 2.82. The van der Waals surface area contributed by atoms with Gasteiger partial charge < -0.3 is 10.4 Å². The molecule has 1 saturated heterocycles. The first-order valence-corrected chi connectivity index (χ1v) is 7.37. The van der Waals surface area contributed by atoms with E-state index in [-0.39, 0.29) is 11.2 Å². The number of thioether (sulfide) groups is 1. The molecule has 102 valence electrons. The van der Waals surface area contributed by atoms with Gasteiger partial charge in [-0.2, -0.15) is 0 Å². The summed E-state index contributed by atoms with van der Waals surface area (Å²) in [5.74, 6) is -0.969. The minimum Gasteiger partial charge on any atom is -0.480 e. The summed E-state index contributed by atoms with van der Waals surface area (Å²) in [6.07, 6.45) is 0.390. The molecule has 1 aliphatic rings. The number of nitrogens with one attached hydrogen (secondary N) is 1. The van der Waals surface area contributed by atoms with Gasteiger partial charge in [-0.15, -0.1) is 11.8 Å². The fourth-order valence-electron chi connectivity index (χ4n) is 1.79. The van der Waals surface area contributed by atoms with Crippen LogP contribution in [0.1, 0.15) is 5.56 Å². The highest BCUT2D eigenvalue weighted by Gasteiger charge is 2.32. The van der Waals surface area contributed by atoms with Crippen molar-refractivity contribution in [1.82, 2.24) is 5.32 Å². The molecule has 7 heteroatoms. The number of carboxylic acid groups (broad SMARTS) is 1. The zero-order valence-electron chi connectivity index (χ0n) is 9.73. The molecule has 0 unspecified atom stereocenters. The van der Waals surface area contributed by atoms with Gasteiger partial charge in [0.2, 0.25) is 5.91 Å². The number of rotatable bonds is 3. The van der Waals surface area contributed by atoms with Crippen LogP contribution < -0.4 is 5.32 Å². The van der Waals surface area contributed by atoms with E-state index in [1.54, 1.807) is 18.2 Å². The van der Waals surface area contributed by atoms with E-state index in [2.05, 4.69) is 5.32 Å². The fraction of sp³-hybridized carbons (Fsp3) is 0.333. The van der Waals surface area contributed by atoms with Crippen molar-refractivity contribution in [3.05, 3.63) is 33.8 Å². The number of hydrogen-bond acceptors (Lipinski definition) is 3. The summed E-state index contributed by atoms with van der Waals surface area (Å²) in [6, 6.07) is 4.35. The van der Waals surface area contributed by atoms with Crippen molar-refractivity contribution in [2.45, 2.75) is 17.7 Å². The molecule has 19 heavy (non-hydrogen) atoms. The first-order valence-electron chi connectivity index (χ1n) is 5.56. The smallest absolute Gasteiger partial charge is 0.327 e. The molecule has 0 saturated carbocycles. The molecular formula is C12H11Cl2NO3S. The van der Waals surface area contributed by atoms with Gasteiger partial charge in [-0.25, -0.2) is 4.79 Å². The quantitative estimate of drug-likeness (QED) is 0.896. The number of hydrogen-bond donors (Lipinski definition) is 2. The predicted octanol–water partition coefficient (Wildman–Crippen LogP) is 2.22. The molecule has 1 heterocycles. The lowest BCUT2D eigenvalue weighted by atomic mass is 10.1. The summed E-state index contributed by atoms with van der Waals surface area (Å²) >= 11 is 13.4. The Kier molecular flexibility index (Phi) is 4.60. The molecule has 0 aliphatic carbocycles. The van der Waals surface area contributed by atoms with Crippen LogP contribution in [0.3, 0.4) is 0 Å². The average molecular weight is 320 g/mol. The number of carbonyl (C=O) groups excluding carboxylic acids is 1. The molecule has 4 nitrogen and oxygen atoms in total. The van der Waals surface area contributed by atoms with Crippen LogP contribution in [0.2, 0.25) is 10.0 Å². The Morgan fingerprint density at radius 3 is 2.58 bits per heavy atom. The molecule has 0 aromatic heterocycles. The molecule has 1 aromatic carbocycles. The number of aliphatic carboxylic acids is 1. The van der Waals surface area contributed by atoms with Crippen molar-refractivity contribution >= 4 is 46.8 Å². The number of carboxylic acids is 1. The van der Waals surface area contributed by atoms with Crippen LogP contribution in [0.15, 0.2) is 18.2 Å². The normalized spacial score (nSPS) is 22.9. The lowest BCUT2D eigenvalue weighted by Gasteiger charge is -2.26. The van der Waals surface area contributed by atoms with Crippen LogP contribution >= 0.6 is 35.0 Å². The van der Waals surface area contributed by atoms with E-state index >= 15 is 0 Å². The van der Waals surface area contributed by atoms with Crippen LogP contribution in [0.5, 0.6) is 0 Å². The third-order valence-corrected chi connectivity index (χ3v) is 4.84. The first kappa shape index (κ1) is 14.5. The average Bonchev–Trinajstić information content (AvgIpc) is 2.35. The molecule has 0 bridgehead atoms. The van der Waals surface area contributed by atoms with E-state index in [0.717, 1.165) is 0 Å². The van der Waals surface area contributed by atoms with Crippen LogP contribution in [-0.4, -0.2) is 34.0 Å². The maximum Gasteiger partial charge on any atom is 0.327 e. The second-order valence-corrected chi connectivity index (χ2v) is 6.18. The zero-order chi connectivity index (χ0) is 14.0. The molecule has 1 fully saturated rings. The second kappa shape index (κ2) is 6.03. The Labute approximate surface area is 124 Å². The molecule has 1 aromatic rings. The summed E-state index contributed by atoms with van der Waals surface area (Å²) in [6.45, 7) is 0. The van der Waals surface area contributed by atoms with Crippen molar-refractivity contribution in [3.63, 3.8) is 0 Å². The highest BCUT2D eigenvalue weighted by Crippen LogP contribution is 2.30. The number of halogens is 2. The van der Waals surface area contributed by atoms with Gasteiger partial charge in [0.05, 0.1) is 5.25 Å². The highest BCUT2D eigenvalue weighted by atomic mass is 35.5. The van der Waals surface area contributed by atoms with E-state index in [9.17, 15) is 9.59 Å². The Balaban J connectivity index is 2.09. The molecule has 0 spiro atoms. The Hall–Kier alpha value is -0.910. The van der Waals surface area contributed by atoms with Gasteiger partial charge >= 0.3 is 5.97 Å². The molecule has 2 N–H and O–H groups in total. The molecular weight excluding hydrogens is 309 g/mol. The Bertz CT molecular complexity index is 503. The summed E-state index contributed by atoms with van der Waals surface area (Å²) in [5, 5.41) is 12.0. The predicted molar refractivity (Wildman–Crippen MR) is 76.0 cm³/mol. The molecule has 1 amide bonds. The first-order chi connectivity index (χ1) is 8.99. The maximum absolute atomic E-state index is 11.9. The van der Waals surface area contributed by atoms with Crippen molar-refractivity contribution in [3.8, 4) is 0 Å². The Morgan fingerprint density at radius 1 is 1.42 bits per heavy atom. The van der Waals surface area contributed by atoms with Gasteiger partial charge in [0, 0.05) is 15.8 Å². The van der Waals surface area contributed by atoms with Gasteiger partial charge in [-0.3, -0.25) is 4.79 Å². The van der Waals surface area contributed by atoms with E-state index in [1.165, 1.54) is 11.8 Å².